The molecule has 28 heavy (non-hydrogen) atoms. The summed E-state index contributed by atoms with van der Waals surface area (Å²) < 4.78 is 9.90. The lowest BCUT2D eigenvalue weighted by atomic mass is 10.1. The van der Waals surface area contributed by atoms with E-state index < -0.39 is 11.9 Å². The van der Waals surface area contributed by atoms with E-state index in [4.69, 9.17) is 19.4 Å². The summed E-state index contributed by atoms with van der Waals surface area (Å²) in [5.74, 6) is -2.81. The van der Waals surface area contributed by atoms with E-state index in [1.807, 2.05) is 13.0 Å². The number of rotatable bonds is 10. The monoisotopic (exact) mass is 408 g/mol. The van der Waals surface area contributed by atoms with Crippen molar-refractivity contribution in [1.29, 1.82) is 0 Å². The molecular weight excluding hydrogens is 380 g/mol. The number of carbonyl (C=O) groups excluding carboxylic acids is 1. The Morgan fingerprint density at radius 2 is 1.57 bits per heavy atom. The molecule has 1 rings (SSSR count). The van der Waals surface area contributed by atoms with Gasteiger partial charge in [-0.3, -0.25) is 0 Å². The lowest BCUT2D eigenvalue weighted by Gasteiger charge is -2.00. The molecule has 0 saturated carbocycles. The fourth-order valence-corrected chi connectivity index (χ4v) is 2.04. The first-order valence-electron chi connectivity index (χ1n) is 8.65. The smallest absolute Gasteiger partial charge is 0.336 e. The third-order valence-electron chi connectivity index (χ3n) is 2.76. The first-order valence-corrected chi connectivity index (χ1v) is 9.77. The number of benzene rings is 1. The molecule has 154 valence electrons. The van der Waals surface area contributed by atoms with Crippen molar-refractivity contribution < 1.29 is 33.8 Å². The number of carbonyl (C=O) groups is 3. The molecule has 2 radical (unpaired) electrons. The molecule has 0 fully saturated rings. The molecule has 0 amide bonds. The maximum atomic E-state index is 10.5. The highest BCUT2D eigenvalue weighted by Crippen LogP contribution is 2.07. The molecule has 0 aliphatic heterocycles. The van der Waals surface area contributed by atoms with Gasteiger partial charge in [0.1, 0.15) is 0 Å². The predicted octanol–water partition coefficient (Wildman–Crippen LogP) is 3.85. The molecule has 0 aliphatic rings. The van der Waals surface area contributed by atoms with Crippen LogP contribution >= 0.6 is 0 Å². The van der Waals surface area contributed by atoms with E-state index in [1.165, 1.54) is 30.3 Å². The Labute approximate surface area is 168 Å². The Bertz CT molecular complexity index is 581. The van der Waals surface area contributed by atoms with E-state index >= 15 is 0 Å². The van der Waals surface area contributed by atoms with Crippen molar-refractivity contribution in [2.45, 2.75) is 32.7 Å². The number of carboxylic acid groups (broad SMARTS) is 2. The number of allylic oxidation sites excluding steroid dienone is 1. The summed E-state index contributed by atoms with van der Waals surface area (Å²) in [4.78, 5) is 31.5. The fourth-order valence-electron chi connectivity index (χ4n) is 1.41. The minimum absolute atomic E-state index is 0.190. The fraction of sp³-hybridized carbons (Fsp3) is 0.350. The first kappa shape index (κ1) is 27.5. The van der Waals surface area contributed by atoms with E-state index in [2.05, 4.69) is 20.1 Å². The molecule has 0 aliphatic carbocycles. The summed E-state index contributed by atoms with van der Waals surface area (Å²) in [7, 11) is 0.519. The molecule has 7 nitrogen and oxygen atoms in total. The highest BCUT2D eigenvalue weighted by molar-refractivity contribution is 6.26. The Morgan fingerprint density at radius 3 is 1.93 bits per heavy atom. The zero-order valence-corrected chi connectivity index (χ0v) is 17.3. The van der Waals surface area contributed by atoms with Crippen molar-refractivity contribution in [3.8, 4) is 0 Å². The lowest BCUT2D eigenvalue weighted by Crippen LogP contribution is -2.06. The minimum Gasteiger partial charge on any atom is -0.478 e. The zero-order valence-electron chi connectivity index (χ0n) is 16.3. The third-order valence-corrected chi connectivity index (χ3v) is 3.81. The molecule has 0 bridgehead atoms. The summed E-state index contributed by atoms with van der Waals surface area (Å²) in [5, 5.41) is 17.1. The summed E-state index contributed by atoms with van der Waals surface area (Å²) >= 11 is 0. The standard InChI is InChI=1S/C8H6O4.C8H14O3Si.C4H8/c9-7(10)5-3-1-2-4-6(5)8(11)12;1-3-8(9)10-6-5-7-12-11-4-2;1-3-4-2/h1-4H,(H,9,10)(H,11,12);3H,1,4-7H2,2H3;3H,1,4H2,2H3. The van der Waals surface area contributed by atoms with Crippen LogP contribution in [-0.4, -0.2) is 51.1 Å². The van der Waals surface area contributed by atoms with Gasteiger partial charge in [0.05, 0.1) is 17.7 Å². The molecule has 1 aromatic rings. The van der Waals surface area contributed by atoms with Crippen LogP contribution in [0, 0.1) is 0 Å². The lowest BCUT2D eigenvalue weighted by molar-refractivity contribution is -0.137. The average molecular weight is 409 g/mol. The Kier molecular flexibility index (Phi) is 18.7. The van der Waals surface area contributed by atoms with Gasteiger partial charge in [-0.1, -0.05) is 31.7 Å². The SMILES string of the molecule is C=CC(=O)OCCC[Si]OCC.C=CCC.O=C(O)c1ccccc1C(=O)O. The maximum Gasteiger partial charge on any atom is 0.336 e. The van der Waals surface area contributed by atoms with E-state index in [1.54, 1.807) is 0 Å². The van der Waals surface area contributed by atoms with Gasteiger partial charge in [0.25, 0.3) is 0 Å². The van der Waals surface area contributed by atoms with E-state index in [0.29, 0.717) is 16.4 Å². The van der Waals surface area contributed by atoms with Crippen LogP contribution < -0.4 is 0 Å². The van der Waals surface area contributed by atoms with Crippen LogP contribution in [0.2, 0.25) is 6.04 Å². The largest absolute Gasteiger partial charge is 0.478 e. The van der Waals surface area contributed by atoms with Crippen molar-refractivity contribution in [2.75, 3.05) is 13.2 Å². The Morgan fingerprint density at radius 1 is 1.07 bits per heavy atom. The number of carboxylic acids is 2. The van der Waals surface area contributed by atoms with Crippen molar-refractivity contribution in [2.24, 2.45) is 0 Å². The van der Waals surface area contributed by atoms with Gasteiger partial charge in [-0.05, 0) is 37.9 Å². The molecule has 0 heterocycles. The quantitative estimate of drug-likeness (QED) is 0.199. The van der Waals surface area contributed by atoms with Gasteiger partial charge in [0.2, 0.25) is 9.76 Å². The first-order chi connectivity index (χ1) is 13.3. The number of aromatic carboxylic acids is 2. The third kappa shape index (κ3) is 15.5. The van der Waals surface area contributed by atoms with E-state index in [9.17, 15) is 14.4 Å². The second-order valence-electron chi connectivity index (χ2n) is 4.91. The van der Waals surface area contributed by atoms with Crippen LogP contribution in [0.25, 0.3) is 0 Å². The normalized spacial score (nSPS) is 8.93. The molecule has 0 atom stereocenters. The van der Waals surface area contributed by atoms with Crippen molar-refractivity contribution in [3.05, 3.63) is 60.7 Å². The van der Waals surface area contributed by atoms with Gasteiger partial charge in [-0.2, -0.15) is 0 Å². The van der Waals surface area contributed by atoms with Crippen LogP contribution in [0.15, 0.2) is 49.6 Å². The van der Waals surface area contributed by atoms with E-state index in [-0.39, 0.29) is 17.1 Å². The zero-order chi connectivity index (χ0) is 21.8. The van der Waals surface area contributed by atoms with Crippen LogP contribution in [0.5, 0.6) is 0 Å². The van der Waals surface area contributed by atoms with Gasteiger partial charge in [0, 0.05) is 12.7 Å². The van der Waals surface area contributed by atoms with Gasteiger partial charge in [-0.25, -0.2) is 14.4 Å². The predicted molar refractivity (Wildman–Crippen MR) is 109 cm³/mol. The second kappa shape index (κ2) is 19.1. The number of hydrogen-bond acceptors (Lipinski definition) is 5. The van der Waals surface area contributed by atoms with Gasteiger partial charge in [0.15, 0.2) is 0 Å². The average Bonchev–Trinajstić information content (AvgIpc) is 2.70. The number of ether oxygens (including phenoxy) is 1. The van der Waals surface area contributed by atoms with Crippen LogP contribution in [-0.2, 0) is 14.0 Å². The highest BCUT2D eigenvalue weighted by atomic mass is 28.2. The molecule has 2 N–H and O–H groups in total. The maximum absolute atomic E-state index is 10.5. The molecule has 8 heteroatoms. The van der Waals surface area contributed by atoms with Crippen LogP contribution in [0.4, 0.5) is 0 Å². The molecule has 0 aromatic heterocycles. The number of esters is 1. The second-order valence-corrected chi connectivity index (χ2v) is 5.98. The van der Waals surface area contributed by atoms with Crippen LogP contribution in [0.1, 0.15) is 47.4 Å². The van der Waals surface area contributed by atoms with Gasteiger partial charge >= 0.3 is 17.9 Å². The van der Waals surface area contributed by atoms with Crippen molar-refractivity contribution in [1.82, 2.24) is 0 Å². The minimum atomic E-state index is -1.23. The summed E-state index contributed by atoms with van der Waals surface area (Å²) in [6.07, 6.45) is 4.99. The molecule has 0 saturated heterocycles. The Hall–Kier alpha value is -2.71. The van der Waals surface area contributed by atoms with E-state index in [0.717, 1.165) is 25.5 Å². The van der Waals surface area contributed by atoms with Gasteiger partial charge < -0.3 is 19.4 Å². The number of hydrogen-bond donors (Lipinski definition) is 2. The highest BCUT2D eigenvalue weighted by Gasteiger charge is 2.13. The van der Waals surface area contributed by atoms with Crippen LogP contribution in [0.3, 0.4) is 0 Å². The summed E-state index contributed by atoms with van der Waals surface area (Å²) in [6, 6.07) is 6.43. The van der Waals surface area contributed by atoms with Crippen molar-refractivity contribution >= 4 is 27.7 Å². The summed E-state index contributed by atoms with van der Waals surface area (Å²) in [6.45, 7) is 12.0. The summed E-state index contributed by atoms with van der Waals surface area (Å²) in [5.41, 5.74) is -0.380. The van der Waals surface area contributed by atoms with Crippen molar-refractivity contribution in [3.63, 3.8) is 0 Å². The molecule has 0 spiro atoms. The molecule has 0 unspecified atom stereocenters. The topological polar surface area (TPSA) is 110 Å². The Balaban J connectivity index is 0. The molecular formula is C20H28O7Si. The molecule has 1 aromatic carbocycles. The van der Waals surface area contributed by atoms with Gasteiger partial charge in [-0.15, -0.1) is 6.58 Å².